The maximum Gasteiger partial charge on any atom is 0.238 e. The minimum absolute atomic E-state index is 0.105. The molecule has 2 atom stereocenters. The number of carbonyl (C=O) groups excluding carboxylic acids is 2. The highest BCUT2D eigenvalue weighted by Gasteiger charge is 2.30. The summed E-state index contributed by atoms with van der Waals surface area (Å²) < 4.78 is 12.9. The third-order valence-corrected chi connectivity index (χ3v) is 5.80. The fraction of sp³-hybridized carbons (Fsp3) is 0.619. The van der Waals surface area contributed by atoms with Crippen molar-refractivity contribution in [3.8, 4) is 0 Å². The highest BCUT2D eigenvalue weighted by molar-refractivity contribution is 5.92. The molecule has 0 spiro atoms. The summed E-state index contributed by atoms with van der Waals surface area (Å²) in [6, 6.07) is 6.42. The number of halogens is 1. The Balaban J connectivity index is 1.41. The molecule has 28 heavy (non-hydrogen) atoms. The average molecular weight is 391 g/mol. The van der Waals surface area contributed by atoms with Crippen LogP contribution in [0.4, 0.5) is 10.1 Å². The summed E-state index contributed by atoms with van der Waals surface area (Å²) in [6.45, 7) is 8.14. The second-order valence-electron chi connectivity index (χ2n) is 8.04. The molecule has 154 valence electrons. The van der Waals surface area contributed by atoms with E-state index in [0.717, 1.165) is 39.0 Å². The molecule has 1 N–H and O–H groups in total. The Labute approximate surface area is 166 Å². The standard InChI is InChI=1S/C21H31FN4O2/c1-16-4-3-5-17(2)26(16)21(28)15-25-12-10-24(11-13-25)14-20(27)23-19-8-6-18(22)7-9-19/h6-9,16-17H,3-5,10-15H2,1-2H3,(H,23,27)/t16-,17-/m1/s1. The summed E-state index contributed by atoms with van der Waals surface area (Å²) >= 11 is 0. The van der Waals surface area contributed by atoms with Crippen molar-refractivity contribution in [2.24, 2.45) is 0 Å². The van der Waals surface area contributed by atoms with Crippen LogP contribution < -0.4 is 5.32 Å². The minimum Gasteiger partial charge on any atom is -0.336 e. The van der Waals surface area contributed by atoms with E-state index >= 15 is 0 Å². The summed E-state index contributed by atoms with van der Waals surface area (Å²) in [4.78, 5) is 31.3. The molecular weight excluding hydrogens is 359 g/mol. The molecule has 2 saturated heterocycles. The SMILES string of the molecule is C[C@@H]1CCC[C@@H](C)N1C(=O)CN1CCN(CC(=O)Nc2ccc(F)cc2)CC1. The van der Waals surface area contributed by atoms with Gasteiger partial charge in [-0.2, -0.15) is 0 Å². The van der Waals surface area contributed by atoms with E-state index in [9.17, 15) is 14.0 Å². The van der Waals surface area contributed by atoms with E-state index < -0.39 is 0 Å². The predicted molar refractivity (Wildman–Crippen MR) is 108 cm³/mol. The monoisotopic (exact) mass is 390 g/mol. The van der Waals surface area contributed by atoms with Crippen LogP contribution >= 0.6 is 0 Å². The second kappa shape index (κ2) is 9.47. The molecule has 2 fully saturated rings. The van der Waals surface area contributed by atoms with Crippen molar-refractivity contribution >= 4 is 17.5 Å². The minimum atomic E-state index is -0.322. The van der Waals surface area contributed by atoms with E-state index in [1.807, 2.05) is 0 Å². The van der Waals surface area contributed by atoms with E-state index in [-0.39, 0.29) is 17.6 Å². The van der Waals surface area contributed by atoms with Gasteiger partial charge in [-0.15, -0.1) is 0 Å². The summed E-state index contributed by atoms with van der Waals surface area (Å²) in [5, 5.41) is 2.79. The highest BCUT2D eigenvalue weighted by atomic mass is 19.1. The topological polar surface area (TPSA) is 55.9 Å². The lowest BCUT2D eigenvalue weighted by Crippen LogP contribution is -2.54. The Morgan fingerprint density at radius 2 is 1.50 bits per heavy atom. The van der Waals surface area contributed by atoms with Gasteiger partial charge in [0.15, 0.2) is 0 Å². The number of anilines is 1. The van der Waals surface area contributed by atoms with Gasteiger partial charge in [-0.3, -0.25) is 19.4 Å². The van der Waals surface area contributed by atoms with Crippen LogP contribution in [0.3, 0.4) is 0 Å². The van der Waals surface area contributed by atoms with Crippen molar-refractivity contribution in [1.29, 1.82) is 0 Å². The Bertz CT molecular complexity index is 663. The summed E-state index contributed by atoms with van der Waals surface area (Å²) in [7, 11) is 0. The first-order valence-electron chi connectivity index (χ1n) is 10.2. The smallest absolute Gasteiger partial charge is 0.238 e. The Morgan fingerprint density at radius 3 is 2.07 bits per heavy atom. The number of rotatable bonds is 5. The molecule has 1 aromatic rings. The lowest BCUT2D eigenvalue weighted by Gasteiger charge is -2.41. The third kappa shape index (κ3) is 5.52. The fourth-order valence-electron chi connectivity index (χ4n) is 4.23. The van der Waals surface area contributed by atoms with Gasteiger partial charge in [0.05, 0.1) is 13.1 Å². The van der Waals surface area contributed by atoms with Gasteiger partial charge in [0.1, 0.15) is 5.82 Å². The van der Waals surface area contributed by atoms with Gasteiger partial charge in [0.2, 0.25) is 11.8 Å². The zero-order valence-electron chi connectivity index (χ0n) is 16.9. The van der Waals surface area contributed by atoms with Gasteiger partial charge < -0.3 is 10.2 Å². The van der Waals surface area contributed by atoms with Crippen LogP contribution in [-0.4, -0.2) is 77.9 Å². The molecule has 0 aromatic heterocycles. The Morgan fingerprint density at radius 1 is 0.964 bits per heavy atom. The lowest BCUT2D eigenvalue weighted by molar-refractivity contribution is -0.139. The van der Waals surface area contributed by atoms with Crippen molar-refractivity contribution < 1.29 is 14.0 Å². The van der Waals surface area contributed by atoms with Crippen LogP contribution in [0.2, 0.25) is 0 Å². The highest BCUT2D eigenvalue weighted by Crippen LogP contribution is 2.22. The summed E-state index contributed by atoms with van der Waals surface area (Å²) in [6.07, 6.45) is 3.38. The van der Waals surface area contributed by atoms with Gasteiger partial charge in [0.25, 0.3) is 0 Å². The summed E-state index contributed by atoms with van der Waals surface area (Å²) in [5.74, 6) is -0.202. The van der Waals surface area contributed by atoms with Gasteiger partial charge in [0, 0.05) is 44.0 Å². The first-order chi connectivity index (χ1) is 13.4. The number of hydrogen-bond acceptors (Lipinski definition) is 4. The molecule has 3 rings (SSSR count). The second-order valence-corrected chi connectivity index (χ2v) is 8.04. The van der Waals surface area contributed by atoms with E-state index in [0.29, 0.717) is 30.9 Å². The normalized spacial score (nSPS) is 24.2. The lowest BCUT2D eigenvalue weighted by atomic mass is 9.97. The maximum atomic E-state index is 12.9. The van der Waals surface area contributed by atoms with Crippen LogP contribution in [0.25, 0.3) is 0 Å². The summed E-state index contributed by atoms with van der Waals surface area (Å²) in [5.41, 5.74) is 0.598. The molecule has 0 unspecified atom stereocenters. The molecular formula is C21H31FN4O2. The molecule has 0 bridgehead atoms. The van der Waals surface area contributed by atoms with E-state index in [1.54, 1.807) is 12.1 Å². The molecule has 7 heteroatoms. The molecule has 0 aliphatic carbocycles. The molecule has 2 aliphatic heterocycles. The van der Waals surface area contributed by atoms with Gasteiger partial charge >= 0.3 is 0 Å². The molecule has 0 saturated carbocycles. The van der Waals surface area contributed by atoms with E-state index in [2.05, 4.69) is 33.9 Å². The van der Waals surface area contributed by atoms with Gasteiger partial charge in [-0.05, 0) is 57.4 Å². The predicted octanol–water partition coefficient (Wildman–Crippen LogP) is 2.17. The van der Waals surface area contributed by atoms with Crippen molar-refractivity contribution in [3.63, 3.8) is 0 Å². The first kappa shape index (κ1) is 20.7. The fourth-order valence-corrected chi connectivity index (χ4v) is 4.23. The Hall–Kier alpha value is -1.99. The van der Waals surface area contributed by atoms with Crippen LogP contribution in [0, 0.1) is 5.82 Å². The van der Waals surface area contributed by atoms with Crippen LogP contribution in [0.1, 0.15) is 33.1 Å². The third-order valence-electron chi connectivity index (χ3n) is 5.80. The first-order valence-corrected chi connectivity index (χ1v) is 10.2. The molecule has 2 aliphatic rings. The molecule has 1 aromatic carbocycles. The molecule has 2 amide bonds. The van der Waals surface area contributed by atoms with Crippen LogP contribution in [-0.2, 0) is 9.59 Å². The number of piperidine rings is 1. The number of nitrogens with zero attached hydrogens (tertiary/aromatic N) is 3. The van der Waals surface area contributed by atoms with E-state index in [1.165, 1.54) is 18.6 Å². The average Bonchev–Trinajstić information content (AvgIpc) is 2.65. The van der Waals surface area contributed by atoms with Crippen molar-refractivity contribution in [1.82, 2.24) is 14.7 Å². The van der Waals surface area contributed by atoms with Gasteiger partial charge in [-0.25, -0.2) is 4.39 Å². The maximum absolute atomic E-state index is 12.9. The van der Waals surface area contributed by atoms with Crippen molar-refractivity contribution in [2.45, 2.75) is 45.2 Å². The molecule has 2 heterocycles. The van der Waals surface area contributed by atoms with Gasteiger partial charge in [-0.1, -0.05) is 0 Å². The zero-order valence-corrected chi connectivity index (χ0v) is 16.9. The van der Waals surface area contributed by atoms with Crippen LogP contribution in [0.15, 0.2) is 24.3 Å². The number of amides is 2. The zero-order chi connectivity index (χ0) is 20.1. The number of benzene rings is 1. The largest absolute Gasteiger partial charge is 0.336 e. The molecule has 6 nitrogen and oxygen atoms in total. The number of hydrogen-bond donors (Lipinski definition) is 1. The molecule has 0 radical (unpaired) electrons. The number of piperazine rings is 1. The van der Waals surface area contributed by atoms with Crippen molar-refractivity contribution in [3.05, 3.63) is 30.1 Å². The Kier molecular flexibility index (Phi) is 7.02. The number of likely N-dealkylation sites (tertiary alicyclic amines) is 1. The number of carbonyl (C=O) groups is 2. The van der Waals surface area contributed by atoms with Crippen molar-refractivity contribution in [2.75, 3.05) is 44.6 Å². The quantitative estimate of drug-likeness (QED) is 0.837. The number of nitrogens with one attached hydrogen (secondary N) is 1. The van der Waals surface area contributed by atoms with Crippen LogP contribution in [0.5, 0.6) is 0 Å². The van der Waals surface area contributed by atoms with E-state index in [4.69, 9.17) is 0 Å².